The topological polar surface area (TPSA) is 49.4 Å². The van der Waals surface area contributed by atoms with E-state index in [9.17, 15) is 14.0 Å². The van der Waals surface area contributed by atoms with Crippen molar-refractivity contribution in [2.24, 2.45) is 0 Å². The van der Waals surface area contributed by atoms with Crippen LogP contribution in [0.3, 0.4) is 0 Å². The Morgan fingerprint density at radius 1 is 1.04 bits per heavy atom. The Morgan fingerprint density at radius 3 is 2.30 bits per heavy atom. The highest BCUT2D eigenvalue weighted by molar-refractivity contribution is 5.88. The lowest BCUT2D eigenvalue weighted by Crippen LogP contribution is -2.43. The maximum Gasteiger partial charge on any atom is 0.247 e. The highest BCUT2D eigenvalue weighted by Crippen LogP contribution is 2.24. The lowest BCUT2D eigenvalue weighted by Gasteiger charge is -2.31. The summed E-state index contributed by atoms with van der Waals surface area (Å²) in [6, 6.07) is 14.6. The molecule has 0 heterocycles. The smallest absolute Gasteiger partial charge is 0.247 e. The van der Waals surface area contributed by atoms with Gasteiger partial charge in [0.15, 0.2) is 0 Å². The number of rotatable bonds is 9. The van der Waals surface area contributed by atoms with Crippen LogP contribution >= 0.6 is 0 Å². The summed E-state index contributed by atoms with van der Waals surface area (Å²) in [5.41, 5.74) is 1.54. The van der Waals surface area contributed by atoms with Gasteiger partial charge >= 0.3 is 0 Å². The van der Waals surface area contributed by atoms with Crippen molar-refractivity contribution in [1.82, 2.24) is 10.2 Å². The summed E-state index contributed by atoms with van der Waals surface area (Å²) >= 11 is 0. The third-order valence-corrected chi connectivity index (χ3v) is 4.39. The fourth-order valence-electron chi connectivity index (χ4n) is 2.91. The van der Waals surface area contributed by atoms with Gasteiger partial charge in [0.1, 0.15) is 11.9 Å². The van der Waals surface area contributed by atoms with Crippen molar-refractivity contribution in [3.63, 3.8) is 0 Å². The SMILES string of the molecule is CCCCNC(=O)[C@H](c1ccccc1)N(Cc1ccc(F)cc1)C(=O)CC. The van der Waals surface area contributed by atoms with E-state index in [1.807, 2.05) is 30.3 Å². The number of benzene rings is 2. The Labute approximate surface area is 160 Å². The maximum atomic E-state index is 13.2. The molecule has 0 bridgehead atoms. The predicted octanol–water partition coefficient (Wildman–Crippen LogP) is 4.22. The summed E-state index contributed by atoms with van der Waals surface area (Å²) in [6.45, 7) is 4.65. The van der Waals surface area contributed by atoms with E-state index >= 15 is 0 Å². The van der Waals surface area contributed by atoms with E-state index in [2.05, 4.69) is 12.2 Å². The van der Waals surface area contributed by atoms with Crippen molar-refractivity contribution in [3.05, 3.63) is 71.5 Å². The fraction of sp³-hybridized carbons (Fsp3) is 0.364. The van der Waals surface area contributed by atoms with Gasteiger partial charge in [-0.1, -0.05) is 62.7 Å². The van der Waals surface area contributed by atoms with Crippen molar-refractivity contribution >= 4 is 11.8 Å². The molecule has 5 heteroatoms. The number of unbranched alkanes of at least 4 members (excludes halogenated alkanes) is 1. The highest BCUT2D eigenvalue weighted by atomic mass is 19.1. The predicted molar refractivity (Wildman–Crippen MR) is 104 cm³/mol. The summed E-state index contributed by atoms with van der Waals surface area (Å²) in [6.07, 6.45) is 2.14. The second kappa shape index (κ2) is 10.5. The van der Waals surface area contributed by atoms with Crippen LogP contribution in [-0.4, -0.2) is 23.3 Å². The number of hydrogen-bond acceptors (Lipinski definition) is 2. The Morgan fingerprint density at radius 2 is 1.70 bits per heavy atom. The summed E-state index contributed by atoms with van der Waals surface area (Å²) in [5, 5.41) is 2.94. The Bertz CT molecular complexity index is 732. The quantitative estimate of drug-likeness (QED) is 0.672. The molecule has 2 aromatic rings. The van der Waals surface area contributed by atoms with Gasteiger partial charge in [0.25, 0.3) is 0 Å². The summed E-state index contributed by atoms with van der Waals surface area (Å²) in [4.78, 5) is 27.2. The first kappa shape index (κ1) is 20.6. The lowest BCUT2D eigenvalue weighted by atomic mass is 10.0. The molecule has 1 N–H and O–H groups in total. The van der Waals surface area contributed by atoms with Crippen molar-refractivity contribution in [3.8, 4) is 0 Å². The Balaban J connectivity index is 2.35. The molecule has 0 aliphatic heterocycles. The third-order valence-electron chi connectivity index (χ3n) is 4.39. The second-order valence-corrected chi connectivity index (χ2v) is 6.46. The van der Waals surface area contributed by atoms with Crippen LogP contribution in [0, 0.1) is 5.82 Å². The molecular formula is C22H27FN2O2. The van der Waals surface area contributed by atoms with Crippen LogP contribution in [0.2, 0.25) is 0 Å². The van der Waals surface area contributed by atoms with Crippen LogP contribution in [0.15, 0.2) is 54.6 Å². The zero-order valence-corrected chi connectivity index (χ0v) is 16.0. The van der Waals surface area contributed by atoms with Gasteiger partial charge < -0.3 is 10.2 Å². The molecular weight excluding hydrogens is 343 g/mol. The van der Waals surface area contributed by atoms with E-state index in [1.54, 1.807) is 24.0 Å². The summed E-state index contributed by atoms with van der Waals surface area (Å²) < 4.78 is 13.2. The first-order valence-corrected chi connectivity index (χ1v) is 9.43. The number of nitrogens with one attached hydrogen (secondary N) is 1. The number of carbonyl (C=O) groups is 2. The summed E-state index contributed by atoms with van der Waals surface area (Å²) in [5.74, 6) is -0.651. The van der Waals surface area contributed by atoms with Gasteiger partial charge in [0, 0.05) is 19.5 Å². The molecule has 0 saturated heterocycles. The molecule has 0 saturated carbocycles. The van der Waals surface area contributed by atoms with E-state index in [0.29, 0.717) is 6.54 Å². The highest BCUT2D eigenvalue weighted by Gasteiger charge is 2.30. The van der Waals surface area contributed by atoms with Gasteiger partial charge in [-0.05, 0) is 29.7 Å². The van der Waals surface area contributed by atoms with E-state index in [-0.39, 0.29) is 30.6 Å². The monoisotopic (exact) mass is 370 g/mol. The molecule has 2 amide bonds. The first-order valence-electron chi connectivity index (χ1n) is 9.43. The van der Waals surface area contributed by atoms with Gasteiger partial charge in [-0.3, -0.25) is 9.59 Å². The Hall–Kier alpha value is -2.69. The number of carbonyl (C=O) groups excluding carboxylic acids is 2. The minimum absolute atomic E-state index is 0.126. The van der Waals surface area contributed by atoms with Gasteiger partial charge in [-0.25, -0.2) is 4.39 Å². The largest absolute Gasteiger partial charge is 0.354 e. The first-order chi connectivity index (χ1) is 13.1. The van der Waals surface area contributed by atoms with E-state index in [4.69, 9.17) is 0 Å². The number of nitrogens with zero attached hydrogens (tertiary/aromatic N) is 1. The molecule has 0 radical (unpaired) electrons. The van der Waals surface area contributed by atoms with E-state index in [1.165, 1.54) is 12.1 Å². The molecule has 27 heavy (non-hydrogen) atoms. The lowest BCUT2D eigenvalue weighted by molar-refractivity contribution is -0.141. The normalized spacial score (nSPS) is 11.7. The second-order valence-electron chi connectivity index (χ2n) is 6.46. The minimum Gasteiger partial charge on any atom is -0.354 e. The molecule has 0 unspecified atom stereocenters. The molecule has 0 aliphatic rings. The molecule has 144 valence electrons. The molecule has 1 atom stereocenters. The Kier molecular flexibility index (Phi) is 7.99. The van der Waals surface area contributed by atoms with Gasteiger partial charge in [0.2, 0.25) is 11.8 Å². The molecule has 2 aromatic carbocycles. The third kappa shape index (κ3) is 5.91. The number of halogens is 1. The summed E-state index contributed by atoms with van der Waals surface area (Å²) in [7, 11) is 0. The van der Waals surface area contributed by atoms with Gasteiger partial charge in [-0.15, -0.1) is 0 Å². The van der Waals surface area contributed by atoms with Crippen molar-refractivity contribution in [2.75, 3.05) is 6.54 Å². The molecule has 0 aliphatic carbocycles. The van der Waals surface area contributed by atoms with E-state index < -0.39 is 6.04 Å². The molecule has 0 spiro atoms. The van der Waals surface area contributed by atoms with Crippen LogP contribution in [0.25, 0.3) is 0 Å². The van der Waals surface area contributed by atoms with Crippen molar-refractivity contribution in [2.45, 2.75) is 45.7 Å². The van der Waals surface area contributed by atoms with E-state index in [0.717, 1.165) is 24.0 Å². The zero-order valence-electron chi connectivity index (χ0n) is 16.0. The number of amides is 2. The molecule has 0 aromatic heterocycles. The average Bonchev–Trinajstić information content (AvgIpc) is 2.69. The molecule has 4 nitrogen and oxygen atoms in total. The fourth-order valence-corrected chi connectivity index (χ4v) is 2.91. The van der Waals surface area contributed by atoms with Gasteiger partial charge in [-0.2, -0.15) is 0 Å². The standard InChI is InChI=1S/C22H27FN2O2/c1-3-5-15-24-22(27)21(18-9-7-6-8-10-18)25(20(26)4-2)16-17-11-13-19(23)14-12-17/h6-14,21H,3-5,15-16H2,1-2H3,(H,24,27)/t21-/m0/s1. The number of hydrogen-bond donors (Lipinski definition) is 1. The van der Waals surface area contributed by atoms with Crippen LogP contribution in [0.1, 0.15) is 50.3 Å². The van der Waals surface area contributed by atoms with Gasteiger partial charge in [0.05, 0.1) is 0 Å². The minimum atomic E-state index is -0.722. The van der Waals surface area contributed by atoms with Crippen LogP contribution in [0.4, 0.5) is 4.39 Å². The molecule has 2 rings (SSSR count). The molecule has 0 fully saturated rings. The van der Waals surface area contributed by atoms with Crippen LogP contribution in [0.5, 0.6) is 0 Å². The van der Waals surface area contributed by atoms with Crippen LogP contribution < -0.4 is 5.32 Å². The van der Waals surface area contributed by atoms with Crippen molar-refractivity contribution < 1.29 is 14.0 Å². The van der Waals surface area contributed by atoms with Crippen molar-refractivity contribution in [1.29, 1.82) is 0 Å². The maximum absolute atomic E-state index is 13.2. The zero-order chi connectivity index (χ0) is 19.6. The van der Waals surface area contributed by atoms with Crippen LogP contribution in [-0.2, 0) is 16.1 Å². The average molecular weight is 370 g/mol.